The molecule has 3 aromatic rings. The molecule has 0 aliphatic heterocycles. The van der Waals surface area contributed by atoms with Gasteiger partial charge in [-0.25, -0.2) is 0 Å². The highest BCUT2D eigenvalue weighted by atomic mass is 16.2. The zero-order valence-corrected chi connectivity index (χ0v) is 18.1. The van der Waals surface area contributed by atoms with Gasteiger partial charge in [0.2, 0.25) is 5.91 Å². The Bertz CT molecular complexity index is 1080. The van der Waals surface area contributed by atoms with Crippen LogP contribution in [-0.2, 0) is 17.8 Å². The molecule has 2 aromatic heterocycles. The molecule has 0 bridgehead atoms. The minimum atomic E-state index is -0.257. The number of pyridine rings is 1. The van der Waals surface area contributed by atoms with E-state index < -0.39 is 0 Å². The SMILES string of the molecule is CCC(=O)c1ncc(-c2cccc(CC)c2)cc1NC(=O)CNCc1cncc(C)n1. The topological polar surface area (TPSA) is 96.9 Å². The number of aryl methyl sites for hydroxylation is 2. The number of aromatic nitrogens is 3. The number of carbonyl (C=O) groups excluding carboxylic acids is 2. The smallest absolute Gasteiger partial charge is 0.238 e. The van der Waals surface area contributed by atoms with E-state index in [1.54, 1.807) is 25.5 Å². The molecule has 7 nitrogen and oxygen atoms in total. The summed E-state index contributed by atoms with van der Waals surface area (Å²) in [4.78, 5) is 37.7. The van der Waals surface area contributed by atoms with Crippen molar-refractivity contribution < 1.29 is 9.59 Å². The molecule has 2 N–H and O–H groups in total. The molecular formula is C24H27N5O2. The Morgan fingerprint density at radius 1 is 1.03 bits per heavy atom. The summed E-state index contributed by atoms with van der Waals surface area (Å²) in [5, 5.41) is 5.89. The summed E-state index contributed by atoms with van der Waals surface area (Å²) in [5.74, 6) is -0.376. The number of carbonyl (C=O) groups is 2. The third-order valence-electron chi connectivity index (χ3n) is 4.81. The standard InChI is InChI=1S/C24H27N5O2/c1-4-17-7-6-8-18(9-17)19-10-21(24(27-12-19)22(30)5-2)29-23(31)15-26-14-20-13-25-11-16(3)28-20/h6-13,26H,4-5,14-15H2,1-3H3,(H,29,31). The van der Waals surface area contributed by atoms with Crippen LogP contribution in [0.4, 0.5) is 5.69 Å². The van der Waals surface area contributed by atoms with Crippen molar-refractivity contribution >= 4 is 17.4 Å². The molecule has 3 rings (SSSR count). The molecule has 0 spiro atoms. The number of hydrogen-bond acceptors (Lipinski definition) is 6. The highest BCUT2D eigenvalue weighted by molar-refractivity contribution is 6.04. The van der Waals surface area contributed by atoms with Gasteiger partial charge in [0.15, 0.2) is 5.78 Å². The Labute approximate surface area is 182 Å². The molecule has 0 radical (unpaired) electrons. The maximum atomic E-state index is 12.5. The third kappa shape index (κ3) is 6.02. The van der Waals surface area contributed by atoms with Crippen LogP contribution in [0.15, 0.2) is 48.9 Å². The van der Waals surface area contributed by atoms with Gasteiger partial charge in [0.25, 0.3) is 0 Å². The lowest BCUT2D eigenvalue weighted by molar-refractivity contribution is -0.115. The van der Waals surface area contributed by atoms with Crippen molar-refractivity contribution in [2.24, 2.45) is 0 Å². The zero-order chi connectivity index (χ0) is 22.2. The van der Waals surface area contributed by atoms with Crippen molar-refractivity contribution in [3.8, 4) is 11.1 Å². The average molecular weight is 418 g/mol. The summed E-state index contributed by atoms with van der Waals surface area (Å²) in [6.07, 6.45) is 6.26. The predicted molar refractivity (Wildman–Crippen MR) is 121 cm³/mol. The molecule has 1 aromatic carbocycles. The van der Waals surface area contributed by atoms with E-state index in [1.807, 2.05) is 25.1 Å². The van der Waals surface area contributed by atoms with Gasteiger partial charge in [-0.3, -0.25) is 24.5 Å². The van der Waals surface area contributed by atoms with E-state index in [4.69, 9.17) is 0 Å². The van der Waals surface area contributed by atoms with Crippen molar-refractivity contribution in [3.63, 3.8) is 0 Å². The number of hydrogen-bond donors (Lipinski definition) is 2. The summed E-state index contributed by atoms with van der Waals surface area (Å²) in [5.41, 5.74) is 5.33. The fraction of sp³-hybridized carbons (Fsp3) is 0.292. The first-order valence-corrected chi connectivity index (χ1v) is 10.4. The highest BCUT2D eigenvalue weighted by Gasteiger charge is 2.15. The van der Waals surface area contributed by atoms with Crippen LogP contribution in [0.1, 0.15) is 47.7 Å². The average Bonchev–Trinajstić information content (AvgIpc) is 2.78. The van der Waals surface area contributed by atoms with Gasteiger partial charge < -0.3 is 10.6 Å². The first kappa shape index (κ1) is 22.2. The number of rotatable bonds is 9. The largest absolute Gasteiger partial charge is 0.323 e. The second kappa shape index (κ2) is 10.5. The molecule has 0 aliphatic rings. The molecule has 7 heteroatoms. The minimum Gasteiger partial charge on any atom is -0.323 e. The number of benzene rings is 1. The molecule has 31 heavy (non-hydrogen) atoms. The van der Waals surface area contributed by atoms with Crippen LogP contribution >= 0.6 is 0 Å². The number of nitrogens with zero attached hydrogens (tertiary/aromatic N) is 3. The Kier molecular flexibility index (Phi) is 7.56. The van der Waals surface area contributed by atoms with Crippen LogP contribution < -0.4 is 10.6 Å². The lowest BCUT2D eigenvalue weighted by atomic mass is 10.0. The van der Waals surface area contributed by atoms with Crippen molar-refractivity contribution in [3.05, 3.63) is 71.6 Å². The van der Waals surface area contributed by atoms with E-state index in [9.17, 15) is 9.59 Å². The first-order chi connectivity index (χ1) is 15.0. The van der Waals surface area contributed by atoms with Gasteiger partial charge in [-0.1, -0.05) is 38.1 Å². The van der Waals surface area contributed by atoms with Gasteiger partial charge in [0.05, 0.1) is 23.6 Å². The van der Waals surface area contributed by atoms with Crippen molar-refractivity contribution in [1.29, 1.82) is 0 Å². The minimum absolute atomic E-state index is 0.0743. The van der Waals surface area contributed by atoms with Crippen molar-refractivity contribution in [1.82, 2.24) is 20.3 Å². The molecule has 0 fully saturated rings. The first-order valence-electron chi connectivity index (χ1n) is 10.4. The number of anilines is 1. The number of amides is 1. The molecule has 0 unspecified atom stereocenters. The van der Waals surface area contributed by atoms with E-state index >= 15 is 0 Å². The Morgan fingerprint density at radius 2 is 1.87 bits per heavy atom. The number of nitrogens with one attached hydrogen (secondary N) is 2. The van der Waals surface area contributed by atoms with Gasteiger partial charge >= 0.3 is 0 Å². The zero-order valence-electron chi connectivity index (χ0n) is 18.1. The summed E-state index contributed by atoms with van der Waals surface area (Å²) in [7, 11) is 0. The lowest BCUT2D eigenvalue weighted by Crippen LogP contribution is -2.28. The number of Topliss-reactive ketones (excluding diaryl/α,β-unsaturated/α-hetero) is 1. The Balaban J connectivity index is 1.75. The monoisotopic (exact) mass is 417 g/mol. The van der Waals surface area contributed by atoms with Crippen LogP contribution in [0.25, 0.3) is 11.1 Å². The maximum absolute atomic E-state index is 12.5. The quantitative estimate of drug-likeness (QED) is 0.515. The summed E-state index contributed by atoms with van der Waals surface area (Å²) >= 11 is 0. The Hall–Kier alpha value is -3.45. The van der Waals surface area contributed by atoms with Gasteiger partial charge in [-0.2, -0.15) is 0 Å². The van der Waals surface area contributed by atoms with Gasteiger partial charge in [-0.05, 0) is 30.5 Å². The molecular weight excluding hydrogens is 390 g/mol. The maximum Gasteiger partial charge on any atom is 0.238 e. The summed E-state index contributed by atoms with van der Waals surface area (Å²) < 4.78 is 0. The van der Waals surface area contributed by atoms with E-state index in [0.717, 1.165) is 28.9 Å². The lowest BCUT2D eigenvalue weighted by Gasteiger charge is -2.12. The highest BCUT2D eigenvalue weighted by Crippen LogP contribution is 2.26. The molecule has 160 valence electrons. The predicted octanol–water partition coefficient (Wildman–Crippen LogP) is 3.73. The third-order valence-corrected chi connectivity index (χ3v) is 4.81. The number of ketones is 1. The molecule has 0 saturated carbocycles. The van der Waals surface area contributed by atoms with Crippen LogP contribution in [0.3, 0.4) is 0 Å². The molecule has 0 saturated heterocycles. The van der Waals surface area contributed by atoms with E-state index in [0.29, 0.717) is 18.7 Å². The van der Waals surface area contributed by atoms with Crippen LogP contribution in [0.5, 0.6) is 0 Å². The summed E-state index contributed by atoms with van der Waals surface area (Å²) in [6, 6.07) is 9.96. The Morgan fingerprint density at radius 3 is 2.61 bits per heavy atom. The van der Waals surface area contributed by atoms with Gasteiger partial charge in [0.1, 0.15) is 5.69 Å². The fourth-order valence-corrected chi connectivity index (χ4v) is 3.18. The van der Waals surface area contributed by atoms with Crippen molar-refractivity contribution in [2.45, 2.75) is 40.2 Å². The molecule has 0 aliphatic carbocycles. The van der Waals surface area contributed by atoms with Crippen LogP contribution in [0.2, 0.25) is 0 Å². The molecule has 2 heterocycles. The fourth-order valence-electron chi connectivity index (χ4n) is 3.18. The van der Waals surface area contributed by atoms with E-state index in [1.165, 1.54) is 5.56 Å². The van der Waals surface area contributed by atoms with Gasteiger partial charge in [0, 0.05) is 37.1 Å². The van der Waals surface area contributed by atoms with Crippen LogP contribution in [-0.4, -0.2) is 33.2 Å². The second-order valence-electron chi connectivity index (χ2n) is 7.25. The van der Waals surface area contributed by atoms with Crippen LogP contribution in [0, 0.1) is 6.92 Å². The second-order valence-corrected chi connectivity index (χ2v) is 7.25. The van der Waals surface area contributed by atoms with Crippen molar-refractivity contribution in [2.75, 3.05) is 11.9 Å². The molecule has 0 atom stereocenters. The van der Waals surface area contributed by atoms with E-state index in [-0.39, 0.29) is 23.9 Å². The van der Waals surface area contributed by atoms with Gasteiger partial charge in [-0.15, -0.1) is 0 Å². The molecule has 1 amide bonds. The normalized spacial score (nSPS) is 10.7. The van der Waals surface area contributed by atoms with E-state index in [2.05, 4.69) is 44.6 Å². The summed E-state index contributed by atoms with van der Waals surface area (Å²) in [6.45, 7) is 6.24.